The predicted molar refractivity (Wildman–Crippen MR) is 133 cm³/mol. The number of hydrogen-bond acceptors (Lipinski definition) is 6. The van der Waals surface area contributed by atoms with Crippen molar-refractivity contribution in [3.63, 3.8) is 0 Å². The molecule has 0 unspecified atom stereocenters. The lowest BCUT2D eigenvalue weighted by molar-refractivity contribution is -0.138. The van der Waals surface area contributed by atoms with E-state index in [9.17, 15) is 14.7 Å². The first-order valence-electron chi connectivity index (χ1n) is 12.3. The second-order valence-electron chi connectivity index (χ2n) is 9.89. The lowest BCUT2D eigenvalue weighted by atomic mass is 9.92. The minimum Gasteiger partial charge on any atom is -0.481 e. The molecule has 1 heterocycles. The number of urea groups is 1. The van der Waals surface area contributed by atoms with Crippen molar-refractivity contribution in [2.45, 2.75) is 64.3 Å². The molecule has 2 atom stereocenters. The van der Waals surface area contributed by atoms with Crippen molar-refractivity contribution >= 4 is 29.1 Å². The van der Waals surface area contributed by atoms with Crippen LogP contribution in [0.3, 0.4) is 0 Å². The number of nitrogens with zero attached hydrogens (tertiary/aromatic N) is 4. The third kappa shape index (κ3) is 6.07. The molecular weight excluding hydrogens is 444 g/mol. The number of hydrogen-bond donors (Lipinski definition) is 3. The van der Waals surface area contributed by atoms with Gasteiger partial charge in [-0.15, -0.1) is 0 Å². The minimum atomic E-state index is -0.782. The van der Waals surface area contributed by atoms with E-state index in [1.54, 1.807) is 0 Å². The van der Waals surface area contributed by atoms with Crippen molar-refractivity contribution in [3.05, 3.63) is 42.0 Å². The van der Waals surface area contributed by atoms with Crippen LogP contribution in [-0.4, -0.2) is 39.7 Å². The highest BCUT2D eigenvalue weighted by Gasteiger charge is 2.44. The molecule has 0 bridgehead atoms. The van der Waals surface area contributed by atoms with Gasteiger partial charge in [-0.05, 0) is 48.8 Å². The summed E-state index contributed by atoms with van der Waals surface area (Å²) in [6, 6.07) is 7.77. The molecule has 2 amide bonds. The van der Waals surface area contributed by atoms with Crippen LogP contribution in [0.25, 0.3) is 0 Å². The fourth-order valence-electron chi connectivity index (χ4n) is 4.94. The van der Waals surface area contributed by atoms with Crippen LogP contribution in [0.2, 0.25) is 0 Å². The minimum absolute atomic E-state index is 0.0279. The molecule has 0 radical (unpaired) electrons. The highest BCUT2D eigenvalue weighted by atomic mass is 16.4. The number of anilines is 3. The lowest BCUT2D eigenvalue weighted by Gasteiger charge is -2.38. The van der Waals surface area contributed by atoms with Gasteiger partial charge in [-0.25, -0.2) is 14.8 Å². The van der Waals surface area contributed by atoms with E-state index in [0.717, 1.165) is 30.6 Å². The summed E-state index contributed by atoms with van der Waals surface area (Å²) < 4.78 is 0. The Balaban J connectivity index is 1.62. The smallest absolute Gasteiger partial charge is 0.323 e. The SMILES string of the molecule is CC(C)CN(c1ccc([C@H]2C[C@H]2C(=O)O)cc1NC(=O)Nc1cnc(C#N)nc1)C1CCCCC1. The fraction of sp³-hybridized carbons (Fsp3) is 0.500. The lowest BCUT2D eigenvalue weighted by Crippen LogP contribution is -2.40. The molecule has 1 aromatic carbocycles. The average Bonchev–Trinajstić information content (AvgIpc) is 3.65. The Kier molecular flexibility index (Phi) is 7.49. The molecule has 9 nitrogen and oxygen atoms in total. The van der Waals surface area contributed by atoms with E-state index in [1.807, 2.05) is 24.3 Å². The number of carboxylic acids is 1. The molecule has 0 aliphatic heterocycles. The number of nitriles is 1. The van der Waals surface area contributed by atoms with Gasteiger partial charge in [0.05, 0.1) is 35.4 Å². The van der Waals surface area contributed by atoms with E-state index in [4.69, 9.17) is 5.26 Å². The number of carbonyl (C=O) groups excluding carboxylic acids is 1. The number of carbonyl (C=O) groups is 2. The zero-order valence-corrected chi connectivity index (χ0v) is 20.2. The van der Waals surface area contributed by atoms with Crippen molar-refractivity contribution in [1.82, 2.24) is 9.97 Å². The summed E-state index contributed by atoms with van der Waals surface area (Å²) in [6.45, 7) is 5.25. The Hall–Kier alpha value is -3.67. The first kappa shape index (κ1) is 24.5. The van der Waals surface area contributed by atoms with Crippen molar-refractivity contribution in [3.8, 4) is 6.07 Å². The number of benzene rings is 1. The standard InChI is InChI=1S/C26H32N6O3/c1-16(2)15-32(19-6-4-3-5-7-19)23-9-8-17(20-11-21(20)25(33)34)10-22(23)31-26(35)30-18-13-28-24(12-27)29-14-18/h8-10,13-14,16,19-21H,3-7,11,15H2,1-2H3,(H,33,34)(H2,30,31,35)/t20-,21-/m1/s1. The summed E-state index contributed by atoms with van der Waals surface area (Å²) in [4.78, 5) is 34.6. The summed E-state index contributed by atoms with van der Waals surface area (Å²) >= 11 is 0. The number of amides is 2. The van der Waals surface area contributed by atoms with Crippen molar-refractivity contribution in [2.24, 2.45) is 11.8 Å². The van der Waals surface area contributed by atoms with Crippen LogP contribution in [0.1, 0.15) is 69.7 Å². The Morgan fingerprint density at radius 2 is 1.89 bits per heavy atom. The Bertz CT molecular complexity index is 1110. The van der Waals surface area contributed by atoms with Crippen LogP contribution >= 0.6 is 0 Å². The van der Waals surface area contributed by atoms with Crippen LogP contribution in [0.15, 0.2) is 30.6 Å². The van der Waals surface area contributed by atoms with Gasteiger partial charge >= 0.3 is 12.0 Å². The summed E-state index contributed by atoms with van der Waals surface area (Å²) in [7, 11) is 0. The van der Waals surface area contributed by atoms with Gasteiger partial charge < -0.3 is 20.6 Å². The maximum Gasteiger partial charge on any atom is 0.323 e. The molecule has 2 aliphatic carbocycles. The highest BCUT2D eigenvalue weighted by Crippen LogP contribution is 2.49. The molecule has 2 aromatic rings. The first-order chi connectivity index (χ1) is 16.9. The molecule has 184 valence electrons. The third-order valence-electron chi connectivity index (χ3n) is 6.70. The number of carboxylic acid groups (broad SMARTS) is 1. The predicted octanol–water partition coefficient (Wildman–Crippen LogP) is 4.98. The summed E-state index contributed by atoms with van der Waals surface area (Å²) in [5.41, 5.74) is 2.91. The van der Waals surface area contributed by atoms with E-state index in [0.29, 0.717) is 29.8 Å². The van der Waals surface area contributed by atoms with Gasteiger partial charge in [0.25, 0.3) is 0 Å². The van der Waals surface area contributed by atoms with Gasteiger partial charge in [-0.2, -0.15) is 5.26 Å². The first-order valence-corrected chi connectivity index (χ1v) is 12.3. The van der Waals surface area contributed by atoms with Gasteiger partial charge in [0, 0.05) is 12.6 Å². The number of rotatable bonds is 8. The van der Waals surface area contributed by atoms with Crippen molar-refractivity contribution < 1.29 is 14.7 Å². The second-order valence-corrected chi connectivity index (χ2v) is 9.89. The van der Waals surface area contributed by atoms with Crippen LogP contribution < -0.4 is 15.5 Å². The van der Waals surface area contributed by atoms with E-state index in [1.165, 1.54) is 31.7 Å². The molecule has 9 heteroatoms. The van der Waals surface area contributed by atoms with E-state index < -0.39 is 12.0 Å². The fourth-order valence-corrected chi connectivity index (χ4v) is 4.94. The Morgan fingerprint density at radius 1 is 1.17 bits per heavy atom. The molecule has 2 fully saturated rings. The quantitative estimate of drug-likeness (QED) is 0.490. The van der Waals surface area contributed by atoms with E-state index in [2.05, 4.69) is 39.3 Å². The molecule has 1 aromatic heterocycles. The van der Waals surface area contributed by atoms with Crippen LogP contribution in [0.5, 0.6) is 0 Å². The molecule has 0 saturated heterocycles. The highest BCUT2D eigenvalue weighted by molar-refractivity contribution is 6.02. The van der Waals surface area contributed by atoms with Gasteiger partial charge in [-0.3, -0.25) is 4.79 Å². The average molecular weight is 477 g/mol. The number of aromatic nitrogens is 2. The van der Waals surface area contributed by atoms with Crippen molar-refractivity contribution in [2.75, 3.05) is 22.1 Å². The molecule has 3 N–H and O–H groups in total. The maximum atomic E-state index is 12.9. The van der Waals surface area contributed by atoms with Crippen LogP contribution in [0.4, 0.5) is 21.9 Å². The van der Waals surface area contributed by atoms with Gasteiger partial charge in [0.15, 0.2) is 0 Å². The number of nitrogens with one attached hydrogen (secondary N) is 2. The van der Waals surface area contributed by atoms with Gasteiger partial charge in [0.1, 0.15) is 6.07 Å². The van der Waals surface area contributed by atoms with E-state index in [-0.39, 0.29) is 17.7 Å². The zero-order chi connectivity index (χ0) is 24.9. The van der Waals surface area contributed by atoms with Gasteiger partial charge in [-0.1, -0.05) is 39.2 Å². The second kappa shape index (κ2) is 10.7. The summed E-state index contributed by atoms with van der Waals surface area (Å²) in [5, 5.41) is 24.0. The molecular formula is C26H32N6O3. The Morgan fingerprint density at radius 3 is 2.49 bits per heavy atom. The molecule has 2 saturated carbocycles. The van der Waals surface area contributed by atoms with E-state index >= 15 is 0 Å². The maximum absolute atomic E-state index is 12.9. The largest absolute Gasteiger partial charge is 0.481 e. The molecule has 35 heavy (non-hydrogen) atoms. The van der Waals surface area contributed by atoms with Crippen molar-refractivity contribution in [1.29, 1.82) is 5.26 Å². The van der Waals surface area contributed by atoms with Crippen LogP contribution in [-0.2, 0) is 4.79 Å². The zero-order valence-electron chi connectivity index (χ0n) is 20.2. The monoisotopic (exact) mass is 476 g/mol. The normalized spacial score (nSPS) is 19.6. The molecule has 4 rings (SSSR count). The molecule has 0 spiro atoms. The third-order valence-corrected chi connectivity index (χ3v) is 6.70. The number of aliphatic carboxylic acids is 1. The Labute approximate surface area is 205 Å². The topological polar surface area (TPSA) is 131 Å². The van der Waals surface area contributed by atoms with Crippen LogP contribution in [0, 0.1) is 23.2 Å². The van der Waals surface area contributed by atoms with Gasteiger partial charge in [0.2, 0.25) is 5.82 Å². The molecule has 2 aliphatic rings. The summed E-state index contributed by atoms with van der Waals surface area (Å²) in [6.07, 6.45) is 9.27. The summed E-state index contributed by atoms with van der Waals surface area (Å²) in [5.74, 6) is -0.724.